The van der Waals surface area contributed by atoms with Crippen LogP contribution in [0.3, 0.4) is 0 Å². The third-order valence-electron chi connectivity index (χ3n) is 2.48. The molecule has 80 valence electrons. The highest BCUT2D eigenvalue weighted by Crippen LogP contribution is 2.22. The molecular weight excluding hydrogens is 212 g/mol. The number of hydrogen-bond donors (Lipinski definition) is 1. The van der Waals surface area contributed by atoms with E-state index in [1.54, 1.807) is 12.4 Å². The molecule has 1 saturated heterocycles. The average molecular weight is 225 g/mol. The average Bonchev–Trinajstić information content (AvgIpc) is 2.65. The Labute approximate surface area is 95.1 Å². The smallest absolute Gasteiger partial charge is 0.103 e. The molecule has 2 heterocycles. The fourth-order valence-electron chi connectivity index (χ4n) is 1.76. The molecular formula is C10H13ClN4. The van der Waals surface area contributed by atoms with Gasteiger partial charge in [0.2, 0.25) is 0 Å². The molecule has 0 spiro atoms. The van der Waals surface area contributed by atoms with Crippen molar-refractivity contribution in [2.45, 2.75) is 12.5 Å². The monoisotopic (exact) mass is 224 g/mol. The minimum Gasteiger partial charge on any atom is -0.369 e. The number of rotatable bonds is 1. The zero-order valence-electron chi connectivity index (χ0n) is 8.26. The summed E-state index contributed by atoms with van der Waals surface area (Å²) in [4.78, 5) is 6.07. The van der Waals surface area contributed by atoms with Crippen molar-refractivity contribution in [1.82, 2.24) is 4.98 Å². The van der Waals surface area contributed by atoms with Crippen molar-refractivity contribution in [1.29, 1.82) is 5.26 Å². The van der Waals surface area contributed by atoms with Gasteiger partial charge in [0.15, 0.2) is 0 Å². The zero-order chi connectivity index (χ0) is 9.97. The molecule has 0 bridgehead atoms. The highest BCUT2D eigenvalue weighted by Gasteiger charge is 2.21. The van der Waals surface area contributed by atoms with E-state index in [0.29, 0.717) is 5.56 Å². The molecule has 1 aromatic heterocycles. The van der Waals surface area contributed by atoms with E-state index in [1.807, 2.05) is 6.07 Å². The number of nitriles is 1. The van der Waals surface area contributed by atoms with Crippen LogP contribution in [0.2, 0.25) is 0 Å². The van der Waals surface area contributed by atoms with Crippen molar-refractivity contribution >= 4 is 18.1 Å². The van der Waals surface area contributed by atoms with Gasteiger partial charge < -0.3 is 10.6 Å². The largest absolute Gasteiger partial charge is 0.369 e. The third kappa shape index (κ3) is 2.38. The van der Waals surface area contributed by atoms with Gasteiger partial charge >= 0.3 is 0 Å². The molecule has 4 nitrogen and oxygen atoms in total. The molecule has 0 aliphatic carbocycles. The van der Waals surface area contributed by atoms with Gasteiger partial charge in [-0.15, -0.1) is 12.4 Å². The number of aromatic nitrogens is 1. The molecule has 0 radical (unpaired) electrons. The lowest BCUT2D eigenvalue weighted by atomic mass is 10.2. The van der Waals surface area contributed by atoms with Crippen LogP contribution in [0.25, 0.3) is 0 Å². The molecule has 1 aliphatic rings. The second kappa shape index (κ2) is 4.96. The van der Waals surface area contributed by atoms with Crippen LogP contribution in [0.1, 0.15) is 12.0 Å². The first kappa shape index (κ1) is 11.8. The Morgan fingerprint density at radius 1 is 1.60 bits per heavy atom. The molecule has 1 atom stereocenters. The molecule has 2 N–H and O–H groups in total. The van der Waals surface area contributed by atoms with E-state index >= 15 is 0 Å². The van der Waals surface area contributed by atoms with Crippen molar-refractivity contribution < 1.29 is 0 Å². The van der Waals surface area contributed by atoms with Crippen LogP contribution in [0.15, 0.2) is 18.5 Å². The second-order valence-corrected chi connectivity index (χ2v) is 3.50. The van der Waals surface area contributed by atoms with E-state index in [9.17, 15) is 0 Å². The quantitative estimate of drug-likeness (QED) is 0.770. The number of nitrogens with zero attached hydrogens (tertiary/aromatic N) is 3. The number of halogens is 1. The normalized spacial score (nSPS) is 19.5. The van der Waals surface area contributed by atoms with Crippen LogP contribution < -0.4 is 10.6 Å². The highest BCUT2D eigenvalue weighted by molar-refractivity contribution is 5.85. The number of pyridine rings is 1. The highest BCUT2D eigenvalue weighted by atomic mass is 35.5. The van der Waals surface area contributed by atoms with Gasteiger partial charge in [-0.05, 0) is 12.5 Å². The summed E-state index contributed by atoms with van der Waals surface area (Å²) in [6, 6.07) is 4.25. The van der Waals surface area contributed by atoms with Gasteiger partial charge in [-0.1, -0.05) is 0 Å². The van der Waals surface area contributed by atoms with Crippen LogP contribution >= 0.6 is 12.4 Å². The second-order valence-electron chi connectivity index (χ2n) is 3.50. The lowest BCUT2D eigenvalue weighted by molar-refractivity contribution is 0.752. The Hall–Kier alpha value is -1.31. The van der Waals surface area contributed by atoms with Crippen molar-refractivity contribution in [3.63, 3.8) is 0 Å². The van der Waals surface area contributed by atoms with Crippen molar-refractivity contribution in [2.24, 2.45) is 5.73 Å². The zero-order valence-corrected chi connectivity index (χ0v) is 9.07. The summed E-state index contributed by atoms with van der Waals surface area (Å²) in [5.74, 6) is 0. The van der Waals surface area contributed by atoms with Crippen molar-refractivity contribution in [3.8, 4) is 6.07 Å². The summed E-state index contributed by atoms with van der Waals surface area (Å²) in [6.07, 6.45) is 4.30. The first-order chi connectivity index (χ1) is 6.81. The molecule has 1 aliphatic heterocycles. The van der Waals surface area contributed by atoms with E-state index < -0.39 is 0 Å². The first-order valence-electron chi connectivity index (χ1n) is 4.66. The third-order valence-corrected chi connectivity index (χ3v) is 2.48. The van der Waals surface area contributed by atoms with Crippen LogP contribution in [0.5, 0.6) is 0 Å². The van der Waals surface area contributed by atoms with E-state index in [4.69, 9.17) is 11.0 Å². The van der Waals surface area contributed by atoms with Gasteiger partial charge in [0.1, 0.15) is 6.07 Å². The van der Waals surface area contributed by atoms with Gasteiger partial charge in [-0.2, -0.15) is 5.26 Å². The lowest BCUT2D eigenvalue weighted by Gasteiger charge is -2.18. The number of hydrogen-bond acceptors (Lipinski definition) is 4. The van der Waals surface area contributed by atoms with E-state index in [0.717, 1.165) is 25.2 Å². The van der Waals surface area contributed by atoms with E-state index in [-0.39, 0.29) is 18.4 Å². The maximum Gasteiger partial charge on any atom is 0.103 e. The topological polar surface area (TPSA) is 65.9 Å². The predicted molar refractivity (Wildman–Crippen MR) is 61.0 cm³/mol. The van der Waals surface area contributed by atoms with E-state index in [2.05, 4.69) is 16.0 Å². The standard InChI is InChI=1S/C10H12N4.ClH/c11-5-8-6-13-3-1-10(8)14-4-2-9(12)7-14;/h1,3,6,9H,2,4,7,12H2;1H/t9-;/m0./s1. The summed E-state index contributed by atoms with van der Waals surface area (Å²) in [7, 11) is 0. The summed E-state index contributed by atoms with van der Waals surface area (Å²) in [6.45, 7) is 1.76. The van der Waals surface area contributed by atoms with Gasteiger partial charge in [-0.25, -0.2) is 0 Å². The van der Waals surface area contributed by atoms with Crippen LogP contribution in [0.4, 0.5) is 5.69 Å². The minimum atomic E-state index is 0. The van der Waals surface area contributed by atoms with Gasteiger partial charge in [0, 0.05) is 31.5 Å². The molecule has 15 heavy (non-hydrogen) atoms. The molecule has 5 heteroatoms. The first-order valence-corrected chi connectivity index (χ1v) is 4.66. The molecule has 0 amide bonds. The molecule has 0 aromatic carbocycles. The molecule has 1 fully saturated rings. The van der Waals surface area contributed by atoms with Crippen molar-refractivity contribution in [2.75, 3.05) is 18.0 Å². The fourth-order valence-corrected chi connectivity index (χ4v) is 1.76. The molecule has 2 rings (SSSR count). The van der Waals surface area contributed by atoms with Gasteiger partial charge in [0.05, 0.1) is 11.3 Å². The Kier molecular flexibility index (Phi) is 3.89. The Bertz CT molecular complexity index is 374. The maximum absolute atomic E-state index is 8.90. The van der Waals surface area contributed by atoms with Crippen LogP contribution in [-0.4, -0.2) is 24.1 Å². The fraction of sp³-hybridized carbons (Fsp3) is 0.400. The molecule has 0 unspecified atom stereocenters. The van der Waals surface area contributed by atoms with Crippen LogP contribution in [0, 0.1) is 11.3 Å². The lowest BCUT2D eigenvalue weighted by Crippen LogP contribution is -2.26. The predicted octanol–water partition coefficient (Wildman–Crippen LogP) is 0.912. The van der Waals surface area contributed by atoms with Gasteiger partial charge in [-0.3, -0.25) is 4.98 Å². The Morgan fingerprint density at radius 3 is 3.00 bits per heavy atom. The Balaban J connectivity index is 0.00000112. The summed E-state index contributed by atoms with van der Waals surface area (Å²) < 4.78 is 0. The summed E-state index contributed by atoms with van der Waals surface area (Å²) in [5, 5.41) is 8.90. The SMILES string of the molecule is Cl.N#Cc1cnccc1N1CC[C@H](N)C1. The van der Waals surface area contributed by atoms with Gasteiger partial charge in [0.25, 0.3) is 0 Å². The van der Waals surface area contributed by atoms with Crippen molar-refractivity contribution in [3.05, 3.63) is 24.0 Å². The summed E-state index contributed by atoms with van der Waals surface area (Å²) >= 11 is 0. The number of nitrogens with two attached hydrogens (primary N) is 1. The van der Waals surface area contributed by atoms with Crippen LogP contribution in [-0.2, 0) is 0 Å². The van der Waals surface area contributed by atoms with E-state index in [1.165, 1.54) is 0 Å². The summed E-state index contributed by atoms with van der Waals surface area (Å²) in [5.41, 5.74) is 7.39. The minimum absolute atomic E-state index is 0. The Morgan fingerprint density at radius 2 is 2.40 bits per heavy atom. The molecule has 0 saturated carbocycles. The maximum atomic E-state index is 8.90. The number of anilines is 1. The molecule has 1 aromatic rings.